The molecule has 0 amide bonds. The van der Waals surface area contributed by atoms with Gasteiger partial charge in [0.05, 0.1) is 19.3 Å². The Morgan fingerprint density at radius 1 is 1.40 bits per heavy atom. The van der Waals surface area contributed by atoms with Gasteiger partial charge >= 0.3 is 5.97 Å². The molecule has 1 aromatic heterocycles. The van der Waals surface area contributed by atoms with Gasteiger partial charge in [0.15, 0.2) is 6.10 Å². The standard InChI is InChI=1S/C14H15N3O3/c1-20-14(19)13(18)10-4-2-9(3-5-10)12-8-15-17(16-12)11-6-7-11/h2-5,8,11,13,18H,6-7H2,1H3. The second kappa shape index (κ2) is 5.05. The molecule has 0 radical (unpaired) electrons. The van der Waals surface area contributed by atoms with E-state index in [0.29, 0.717) is 11.6 Å². The van der Waals surface area contributed by atoms with E-state index in [-0.39, 0.29) is 0 Å². The Kier molecular flexibility index (Phi) is 3.23. The third kappa shape index (κ3) is 2.42. The Morgan fingerprint density at radius 3 is 2.70 bits per heavy atom. The molecule has 104 valence electrons. The lowest BCUT2D eigenvalue weighted by atomic mass is 10.1. The van der Waals surface area contributed by atoms with Crippen molar-refractivity contribution in [2.75, 3.05) is 7.11 Å². The van der Waals surface area contributed by atoms with Crippen molar-refractivity contribution in [2.24, 2.45) is 0 Å². The first kappa shape index (κ1) is 12.8. The highest BCUT2D eigenvalue weighted by molar-refractivity contribution is 5.76. The highest BCUT2D eigenvalue weighted by atomic mass is 16.5. The number of hydrogen-bond acceptors (Lipinski definition) is 5. The largest absolute Gasteiger partial charge is 0.467 e. The molecule has 0 saturated heterocycles. The number of aliphatic hydroxyl groups is 1. The molecule has 2 aromatic rings. The number of carbonyl (C=O) groups is 1. The topological polar surface area (TPSA) is 77.2 Å². The van der Waals surface area contributed by atoms with Crippen LogP contribution in [0, 0.1) is 0 Å². The Labute approximate surface area is 116 Å². The van der Waals surface area contributed by atoms with E-state index in [2.05, 4.69) is 14.9 Å². The summed E-state index contributed by atoms with van der Waals surface area (Å²) >= 11 is 0. The summed E-state index contributed by atoms with van der Waals surface area (Å²) in [5.74, 6) is -0.669. The summed E-state index contributed by atoms with van der Waals surface area (Å²) in [6, 6.07) is 7.44. The summed E-state index contributed by atoms with van der Waals surface area (Å²) in [5.41, 5.74) is 2.18. The van der Waals surface area contributed by atoms with E-state index >= 15 is 0 Å². The average Bonchev–Trinajstić information content (AvgIpc) is 3.23. The van der Waals surface area contributed by atoms with Crippen LogP contribution in [0.5, 0.6) is 0 Å². The Balaban J connectivity index is 1.79. The van der Waals surface area contributed by atoms with Crippen molar-refractivity contribution in [3.8, 4) is 11.3 Å². The van der Waals surface area contributed by atoms with Crippen molar-refractivity contribution in [1.82, 2.24) is 15.0 Å². The molecule has 1 aliphatic rings. The van der Waals surface area contributed by atoms with Gasteiger partial charge in [-0.2, -0.15) is 15.0 Å². The smallest absolute Gasteiger partial charge is 0.339 e. The molecular weight excluding hydrogens is 258 g/mol. The minimum absolute atomic E-state index is 0.448. The van der Waals surface area contributed by atoms with Crippen LogP contribution in [0.3, 0.4) is 0 Å². The molecule has 1 fully saturated rings. The lowest BCUT2D eigenvalue weighted by Gasteiger charge is -2.08. The van der Waals surface area contributed by atoms with Crippen LogP contribution in [-0.4, -0.2) is 33.2 Å². The third-order valence-electron chi connectivity index (χ3n) is 3.33. The molecule has 1 N–H and O–H groups in total. The van der Waals surface area contributed by atoms with E-state index in [1.54, 1.807) is 23.1 Å². The van der Waals surface area contributed by atoms with Gasteiger partial charge in [0, 0.05) is 5.56 Å². The van der Waals surface area contributed by atoms with Crippen molar-refractivity contribution in [2.45, 2.75) is 25.0 Å². The number of benzene rings is 1. The second-order valence-electron chi connectivity index (χ2n) is 4.83. The molecule has 1 aliphatic carbocycles. The number of hydrogen-bond donors (Lipinski definition) is 1. The van der Waals surface area contributed by atoms with Gasteiger partial charge in [-0.25, -0.2) is 4.79 Å². The summed E-state index contributed by atoms with van der Waals surface area (Å²) in [4.78, 5) is 13.0. The molecule has 0 aliphatic heterocycles. The lowest BCUT2D eigenvalue weighted by Crippen LogP contribution is -2.13. The van der Waals surface area contributed by atoms with Crippen LogP contribution in [0.25, 0.3) is 11.3 Å². The van der Waals surface area contributed by atoms with Crippen LogP contribution in [0.2, 0.25) is 0 Å². The normalized spacial score (nSPS) is 15.9. The van der Waals surface area contributed by atoms with Gasteiger partial charge in [-0.05, 0) is 18.4 Å². The van der Waals surface area contributed by atoms with E-state index in [9.17, 15) is 9.90 Å². The molecule has 3 rings (SSSR count). The van der Waals surface area contributed by atoms with Gasteiger partial charge in [-0.15, -0.1) is 0 Å². The number of nitrogens with zero attached hydrogens (tertiary/aromatic N) is 3. The molecule has 1 heterocycles. The molecular formula is C14H15N3O3. The highest BCUT2D eigenvalue weighted by Gasteiger charge is 2.25. The van der Waals surface area contributed by atoms with Gasteiger partial charge in [0.1, 0.15) is 5.69 Å². The van der Waals surface area contributed by atoms with Gasteiger partial charge in [0.2, 0.25) is 0 Å². The summed E-state index contributed by atoms with van der Waals surface area (Å²) in [6.45, 7) is 0. The first-order valence-corrected chi connectivity index (χ1v) is 6.47. The molecule has 1 atom stereocenters. The minimum atomic E-state index is -1.25. The fourth-order valence-electron chi connectivity index (χ4n) is 1.97. The number of rotatable bonds is 4. The van der Waals surface area contributed by atoms with E-state index in [0.717, 1.165) is 24.1 Å². The molecule has 6 heteroatoms. The zero-order chi connectivity index (χ0) is 14.1. The molecule has 20 heavy (non-hydrogen) atoms. The van der Waals surface area contributed by atoms with Gasteiger partial charge in [-0.3, -0.25) is 0 Å². The first-order valence-electron chi connectivity index (χ1n) is 6.47. The highest BCUT2D eigenvalue weighted by Crippen LogP contribution is 2.33. The monoisotopic (exact) mass is 273 g/mol. The van der Waals surface area contributed by atoms with Crippen molar-refractivity contribution >= 4 is 5.97 Å². The quantitative estimate of drug-likeness (QED) is 0.854. The average molecular weight is 273 g/mol. The maximum atomic E-state index is 11.3. The summed E-state index contributed by atoms with van der Waals surface area (Å²) in [7, 11) is 1.25. The number of ether oxygens (including phenoxy) is 1. The fourth-order valence-corrected chi connectivity index (χ4v) is 1.97. The first-order chi connectivity index (χ1) is 9.69. The van der Waals surface area contributed by atoms with E-state index in [1.807, 2.05) is 12.1 Å². The van der Waals surface area contributed by atoms with Crippen LogP contribution >= 0.6 is 0 Å². The van der Waals surface area contributed by atoms with Gasteiger partial charge in [-0.1, -0.05) is 24.3 Å². The molecule has 0 bridgehead atoms. The van der Waals surface area contributed by atoms with E-state index in [1.165, 1.54) is 7.11 Å². The maximum absolute atomic E-state index is 11.3. The van der Waals surface area contributed by atoms with Gasteiger partial charge in [0.25, 0.3) is 0 Å². The van der Waals surface area contributed by atoms with Crippen LogP contribution in [0.4, 0.5) is 0 Å². The Morgan fingerprint density at radius 2 is 2.10 bits per heavy atom. The van der Waals surface area contributed by atoms with E-state index < -0.39 is 12.1 Å². The number of esters is 1. The van der Waals surface area contributed by atoms with Gasteiger partial charge < -0.3 is 9.84 Å². The SMILES string of the molecule is COC(=O)C(O)c1ccc(-c2cnn(C3CC3)n2)cc1. The number of aliphatic hydroxyl groups excluding tert-OH is 1. The van der Waals surface area contributed by atoms with Crippen LogP contribution in [0.15, 0.2) is 30.5 Å². The third-order valence-corrected chi connectivity index (χ3v) is 3.33. The second-order valence-corrected chi connectivity index (χ2v) is 4.83. The van der Waals surface area contributed by atoms with Crippen molar-refractivity contribution < 1.29 is 14.6 Å². The molecule has 0 spiro atoms. The van der Waals surface area contributed by atoms with Crippen molar-refractivity contribution in [1.29, 1.82) is 0 Å². The van der Waals surface area contributed by atoms with Crippen LogP contribution in [-0.2, 0) is 9.53 Å². The molecule has 1 aromatic carbocycles. The zero-order valence-corrected chi connectivity index (χ0v) is 11.1. The molecule has 1 unspecified atom stereocenters. The van der Waals surface area contributed by atoms with Crippen LogP contribution < -0.4 is 0 Å². The summed E-state index contributed by atoms with van der Waals surface area (Å²) < 4.78 is 4.50. The predicted octanol–water partition coefficient (Wildman–Crippen LogP) is 1.49. The van der Waals surface area contributed by atoms with Crippen molar-refractivity contribution in [3.63, 3.8) is 0 Å². The number of carbonyl (C=O) groups excluding carboxylic acids is 1. The molecule has 1 saturated carbocycles. The molecule has 6 nitrogen and oxygen atoms in total. The number of methoxy groups -OCH3 is 1. The predicted molar refractivity (Wildman–Crippen MR) is 70.7 cm³/mol. The minimum Gasteiger partial charge on any atom is -0.467 e. The summed E-state index contributed by atoms with van der Waals surface area (Å²) in [6.07, 6.45) is 2.75. The van der Waals surface area contributed by atoms with Crippen molar-refractivity contribution in [3.05, 3.63) is 36.0 Å². The summed E-state index contributed by atoms with van der Waals surface area (Å²) in [5, 5.41) is 18.4. The van der Waals surface area contributed by atoms with Crippen LogP contribution in [0.1, 0.15) is 30.6 Å². The number of aromatic nitrogens is 3. The maximum Gasteiger partial charge on any atom is 0.339 e. The fraction of sp³-hybridized carbons (Fsp3) is 0.357. The Hall–Kier alpha value is -2.21. The lowest BCUT2D eigenvalue weighted by molar-refractivity contribution is -0.150. The zero-order valence-electron chi connectivity index (χ0n) is 11.1. The van der Waals surface area contributed by atoms with E-state index in [4.69, 9.17) is 0 Å². The Bertz CT molecular complexity index is 617.